The molecule has 0 saturated heterocycles. The molecule has 0 aliphatic rings. The summed E-state index contributed by atoms with van der Waals surface area (Å²) in [5.41, 5.74) is 2.39. The molecule has 0 unspecified atom stereocenters. The van der Waals surface area contributed by atoms with Crippen molar-refractivity contribution in [1.82, 2.24) is 0 Å². The van der Waals surface area contributed by atoms with Crippen LogP contribution in [-0.2, 0) is 0 Å². The summed E-state index contributed by atoms with van der Waals surface area (Å²) in [5, 5.41) is 0.694. The molecule has 5 nitrogen and oxygen atoms in total. The highest BCUT2D eigenvalue weighted by Gasteiger charge is 2.20. The highest BCUT2D eigenvalue weighted by atomic mass is 16.5. The van der Waals surface area contributed by atoms with Crippen molar-refractivity contribution >= 4 is 11.0 Å². The van der Waals surface area contributed by atoms with Gasteiger partial charge in [0.1, 0.15) is 6.61 Å². The maximum atomic E-state index is 13.1. The Morgan fingerprint density at radius 2 is 1.55 bits per heavy atom. The summed E-state index contributed by atoms with van der Waals surface area (Å²) < 4.78 is 24.0. The molecule has 1 heterocycles. The van der Waals surface area contributed by atoms with Gasteiger partial charge < -0.3 is 18.6 Å². The van der Waals surface area contributed by atoms with Crippen LogP contribution in [0.2, 0.25) is 0 Å². The van der Waals surface area contributed by atoms with Crippen LogP contribution in [0.3, 0.4) is 0 Å². The molecule has 0 aliphatic carbocycles. The van der Waals surface area contributed by atoms with Crippen molar-refractivity contribution in [3.63, 3.8) is 0 Å². The fraction of sp³-hybridized carbons (Fsp3) is 0.571. The Hall–Kier alpha value is -2.95. The van der Waals surface area contributed by atoms with E-state index in [2.05, 4.69) is 52.8 Å². The van der Waals surface area contributed by atoms with Crippen LogP contribution < -0.4 is 19.8 Å². The minimum atomic E-state index is -0.545. The summed E-state index contributed by atoms with van der Waals surface area (Å²) in [6.45, 7) is 12.0. The molecule has 1 aromatic carbocycles. The Balaban J connectivity index is 2.17. The zero-order valence-electron chi connectivity index (χ0n) is 25.7. The van der Waals surface area contributed by atoms with Gasteiger partial charge in [0, 0.05) is 0 Å². The fourth-order valence-electron chi connectivity index (χ4n) is 4.42. The van der Waals surface area contributed by atoms with Crippen LogP contribution in [-0.4, -0.2) is 19.8 Å². The number of allylic oxidation sites excluding steroid dienone is 4. The molecule has 0 aliphatic heterocycles. The SMILES string of the molecule is CCC=CCCOc1cccc2c(OCCCCCCCCCC)c(OCC=C(C)CCC=C(C)C)c(=O)oc12. The smallest absolute Gasteiger partial charge is 0.383 e. The van der Waals surface area contributed by atoms with Gasteiger partial charge in [-0.05, 0) is 71.1 Å². The van der Waals surface area contributed by atoms with E-state index in [-0.39, 0.29) is 12.4 Å². The molecule has 40 heavy (non-hydrogen) atoms. The average Bonchev–Trinajstić information content (AvgIpc) is 2.93. The van der Waals surface area contributed by atoms with Crippen molar-refractivity contribution in [1.29, 1.82) is 0 Å². The van der Waals surface area contributed by atoms with E-state index in [1.54, 1.807) is 0 Å². The Morgan fingerprint density at radius 1 is 0.800 bits per heavy atom. The van der Waals surface area contributed by atoms with Crippen molar-refractivity contribution < 1.29 is 18.6 Å². The van der Waals surface area contributed by atoms with E-state index < -0.39 is 5.63 Å². The molecule has 0 radical (unpaired) electrons. The Labute approximate surface area is 242 Å². The Morgan fingerprint density at radius 3 is 2.27 bits per heavy atom. The molecule has 5 heteroatoms. The number of rotatable bonds is 21. The molecule has 222 valence electrons. The maximum Gasteiger partial charge on any atom is 0.383 e. The lowest BCUT2D eigenvalue weighted by atomic mass is 10.1. The van der Waals surface area contributed by atoms with E-state index in [1.807, 2.05) is 24.3 Å². The molecule has 0 saturated carbocycles. The summed E-state index contributed by atoms with van der Waals surface area (Å²) in [7, 11) is 0. The second-order valence-corrected chi connectivity index (χ2v) is 10.7. The molecule has 0 bridgehead atoms. The molecule has 0 spiro atoms. The molecule has 0 fully saturated rings. The lowest BCUT2D eigenvalue weighted by molar-refractivity contribution is 0.268. The number of ether oxygens (including phenoxy) is 3. The molecule has 0 N–H and O–H groups in total. The first-order valence-corrected chi connectivity index (χ1v) is 15.4. The van der Waals surface area contributed by atoms with Gasteiger partial charge in [0.15, 0.2) is 17.1 Å². The summed E-state index contributed by atoms with van der Waals surface area (Å²) in [5.74, 6) is 1.11. The largest absolute Gasteiger partial charge is 0.489 e. The van der Waals surface area contributed by atoms with Crippen molar-refractivity contribution in [2.45, 2.75) is 112 Å². The van der Waals surface area contributed by atoms with Gasteiger partial charge in [0.2, 0.25) is 5.75 Å². The fourth-order valence-corrected chi connectivity index (χ4v) is 4.42. The third-order valence-corrected chi connectivity index (χ3v) is 6.75. The number of unbranched alkanes of at least 4 members (excludes halogenated alkanes) is 7. The van der Waals surface area contributed by atoms with Crippen molar-refractivity contribution in [2.24, 2.45) is 0 Å². The number of hydrogen-bond donors (Lipinski definition) is 0. The van der Waals surface area contributed by atoms with Crippen LogP contribution in [0.25, 0.3) is 11.0 Å². The highest BCUT2D eigenvalue weighted by molar-refractivity contribution is 5.89. The molecular formula is C35H52O5. The maximum absolute atomic E-state index is 13.1. The van der Waals surface area contributed by atoms with Crippen LogP contribution in [0, 0.1) is 0 Å². The molecule has 1 aromatic heterocycles. The topological polar surface area (TPSA) is 57.9 Å². The van der Waals surface area contributed by atoms with E-state index >= 15 is 0 Å². The van der Waals surface area contributed by atoms with Crippen LogP contribution in [0.1, 0.15) is 112 Å². The number of hydrogen-bond acceptors (Lipinski definition) is 5. The van der Waals surface area contributed by atoms with Crippen LogP contribution in [0.15, 0.2) is 62.9 Å². The van der Waals surface area contributed by atoms with E-state index in [9.17, 15) is 4.79 Å². The third-order valence-electron chi connectivity index (χ3n) is 6.75. The van der Waals surface area contributed by atoms with Gasteiger partial charge >= 0.3 is 5.63 Å². The average molecular weight is 553 g/mol. The van der Waals surface area contributed by atoms with E-state index in [0.29, 0.717) is 35.7 Å². The van der Waals surface area contributed by atoms with Crippen molar-refractivity contribution in [3.8, 4) is 17.2 Å². The van der Waals surface area contributed by atoms with Crippen LogP contribution >= 0.6 is 0 Å². The molecule has 2 rings (SSSR count). The second kappa shape index (κ2) is 20.0. The molecule has 2 aromatic rings. The lowest BCUT2D eigenvalue weighted by Gasteiger charge is -2.15. The minimum Gasteiger partial charge on any atom is -0.489 e. The van der Waals surface area contributed by atoms with E-state index in [1.165, 1.54) is 49.7 Å². The first kappa shape index (κ1) is 33.3. The van der Waals surface area contributed by atoms with E-state index in [4.69, 9.17) is 18.6 Å². The van der Waals surface area contributed by atoms with Gasteiger partial charge in [-0.3, -0.25) is 0 Å². The lowest BCUT2D eigenvalue weighted by Crippen LogP contribution is -2.12. The Kier molecular flexibility index (Phi) is 16.6. The second-order valence-electron chi connectivity index (χ2n) is 10.7. The van der Waals surface area contributed by atoms with Crippen molar-refractivity contribution in [2.75, 3.05) is 19.8 Å². The number of benzene rings is 1. The first-order valence-electron chi connectivity index (χ1n) is 15.4. The number of para-hydroxylation sites is 1. The predicted octanol–water partition coefficient (Wildman–Crippen LogP) is 10.1. The predicted molar refractivity (Wildman–Crippen MR) is 168 cm³/mol. The van der Waals surface area contributed by atoms with Gasteiger partial charge in [0.25, 0.3) is 0 Å². The van der Waals surface area contributed by atoms with Crippen LogP contribution in [0.5, 0.6) is 17.2 Å². The van der Waals surface area contributed by atoms with Gasteiger partial charge in [0.05, 0.1) is 18.6 Å². The number of fused-ring (bicyclic) bond motifs is 1. The first-order chi connectivity index (χ1) is 19.5. The van der Waals surface area contributed by atoms with Gasteiger partial charge in [-0.1, -0.05) is 94.2 Å². The molecule has 0 atom stereocenters. The minimum absolute atomic E-state index is 0.128. The Bertz CT molecular complexity index is 1130. The van der Waals surface area contributed by atoms with Gasteiger partial charge in [-0.25, -0.2) is 4.79 Å². The zero-order chi connectivity index (χ0) is 29.0. The molecular weight excluding hydrogens is 500 g/mol. The third kappa shape index (κ3) is 12.5. The van der Waals surface area contributed by atoms with Gasteiger partial charge in [-0.2, -0.15) is 0 Å². The summed E-state index contributed by atoms with van der Waals surface area (Å²) in [6.07, 6.45) is 21.9. The molecule has 0 amide bonds. The summed E-state index contributed by atoms with van der Waals surface area (Å²) in [4.78, 5) is 13.1. The summed E-state index contributed by atoms with van der Waals surface area (Å²) in [6, 6.07) is 5.63. The monoisotopic (exact) mass is 552 g/mol. The van der Waals surface area contributed by atoms with Crippen molar-refractivity contribution in [3.05, 3.63) is 64.1 Å². The highest BCUT2D eigenvalue weighted by Crippen LogP contribution is 2.37. The van der Waals surface area contributed by atoms with Crippen LogP contribution in [0.4, 0.5) is 0 Å². The zero-order valence-corrected chi connectivity index (χ0v) is 25.7. The quantitative estimate of drug-likeness (QED) is 0.0876. The van der Waals surface area contributed by atoms with Gasteiger partial charge in [-0.15, -0.1) is 0 Å². The van der Waals surface area contributed by atoms with E-state index in [0.717, 1.165) is 38.5 Å². The normalized spacial score (nSPS) is 11.8. The summed E-state index contributed by atoms with van der Waals surface area (Å²) >= 11 is 0. The standard InChI is InChI=1S/C35H52O5/c1-6-8-10-12-13-14-15-17-26-38-33-30-22-19-23-31(37-25-16-11-9-7-2)32(30)40-35(36)34(33)39-27-24-29(5)21-18-20-28(3)4/h9,11,19-20,22-24H,6-8,10,12-18,21,25-27H2,1-5H3.